The molecule has 1 aromatic heterocycles. The lowest BCUT2D eigenvalue weighted by molar-refractivity contribution is 0.0545. The summed E-state index contributed by atoms with van der Waals surface area (Å²) in [5.74, 6) is 0.164. The summed E-state index contributed by atoms with van der Waals surface area (Å²) in [6.45, 7) is 10.4. The Bertz CT molecular complexity index is 591. The van der Waals surface area contributed by atoms with Gasteiger partial charge in [0.15, 0.2) is 5.82 Å². The molecular formula is C15H25N5O4. The Balaban J connectivity index is 2.89. The first-order chi connectivity index (χ1) is 10.8. The third kappa shape index (κ3) is 8.16. The van der Waals surface area contributed by atoms with Crippen molar-refractivity contribution in [2.75, 3.05) is 0 Å². The Morgan fingerprint density at radius 2 is 1.50 bits per heavy atom. The third-order valence-electron chi connectivity index (χ3n) is 2.16. The van der Waals surface area contributed by atoms with Gasteiger partial charge in [0.2, 0.25) is 5.96 Å². The van der Waals surface area contributed by atoms with Crippen molar-refractivity contribution in [2.45, 2.75) is 52.7 Å². The highest BCUT2D eigenvalue weighted by molar-refractivity contribution is 6.02. The monoisotopic (exact) mass is 339 g/mol. The van der Waals surface area contributed by atoms with Crippen LogP contribution in [0.1, 0.15) is 41.5 Å². The second-order valence-corrected chi connectivity index (χ2v) is 7.06. The minimum absolute atomic E-state index is 0.141. The molecule has 0 aliphatic heterocycles. The van der Waals surface area contributed by atoms with Gasteiger partial charge in [-0.3, -0.25) is 15.3 Å². The van der Waals surface area contributed by atoms with Crippen molar-refractivity contribution in [1.82, 2.24) is 20.4 Å². The first-order valence-corrected chi connectivity index (χ1v) is 7.42. The Morgan fingerprint density at radius 3 is 1.83 bits per heavy atom. The van der Waals surface area contributed by atoms with E-state index in [0.29, 0.717) is 5.82 Å². The van der Waals surface area contributed by atoms with E-state index in [9.17, 15) is 9.59 Å². The quantitative estimate of drug-likeness (QED) is 0.604. The first kappa shape index (κ1) is 19.5. The van der Waals surface area contributed by atoms with E-state index in [1.54, 1.807) is 60.9 Å². The number of amides is 2. The standard InChI is InChI=1S/C15H25N5O4/c1-14(2,3)23-12(21)17-11(16-10-8-9-20(7)19-10)18-13(22)24-15(4,5)6/h8-9H,1-7H3,(H2,16,17,18,19,21,22). The smallest absolute Gasteiger partial charge is 0.414 e. The molecule has 9 nitrogen and oxygen atoms in total. The van der Waals surface area contributed by atoms with E-state index in [1.165, 1.54) is 4.68 Å². The highest BCUT2D eigenvalue weighted by Crippen LogP contribution is 2.09. The van der Waals surface area contributed by atoms with Gasteiger partial charge < -0.3 is 9.47 Å². The van der Waals surface area contributed by atoms with E-state index in [4.69, 9.17) is 9.47 Å². The molecule has 0 radical (unpaired) electrons. The van der Waals surface area contributed by atoms with Crippen LogP contribution in [0, 0.1) is 0 Å². The van der Waals surface area contributed by atoms with Crippen LogP contribution in [0.25, 0.3) is 0 Å². The molecule has 0 aliphatic carbocycles. The number of carbonyl (C=O) groups excluding carboxylic acids is 2. The maximum atomic E-state index is 11.9. The summed E-state index contributed by atoms with van der Waals surface area (Å²) in [5, 5.41) is 8.81. The molecule has 1 rings (SSSR count). The summed E-state index contributed by atoms with van der Waals surface area (Å²) >= 11 is 0. The number of aryl methyl sites for hydroxylation is 1. The van der Waals surface area contributed by atoms with Crippen molar-refractivity contribution >= 4 is 24.0 Å². The van der Waals surface area contributed by atoms with E-state index < -0.39 is 23.4 Å². The summed E-state index contributed by atoms with van der Waals surface area (Å²) in [6, 6.07) is 1.62. The van der Waals surface area contributed by atoms with Gasteiger partial charge >= 0.3 is 12.2 Å². The zero-order valence-electron chi connectivity index (χ0n) is 15.1. The topological polar surface area (TPSA) is 107 Å². The van der Waals surface area contributed by atoms with Crippen molar-refractivity contribution in [2.24, 2.45) is 12.0 Å². The number of hydrogen-bond donors (Lipinski definition) is 2. The van der Waals surface area contributed by atoms with Crippen LogP contribution < -0.4 is 10.6 Å². The van der Waals surface area contributed by atoms with E-state index in [-0.39, 0.29) is 5.96 Å². The molecule has 0 aliphatic rings. The second-order valence-electron chi connectivity index (χ2n) is 7.06. The van der Waals surface area contributed by atoms with Gasteiger partial charge in [0.05, 0.1) is 0 Å². The highest BCUT2D eigenvalue weighted by atomic mass is 16.6. The molecule has 0 atom stereocenters. The molecule has 9 heteroatoms. The molecular weight excluding hydrogens is 314 g/mol. The fourth-order valence-corrected chi connectivity index (χ4v) is 1.46. The van der Waals surface area contributed by atoms with Crippen LogP contribution in [0.2, 0.25) is 0 Å². The van der Waals surface area contributed by atoms with E-state index in [2.05, 4.69) is 20.7 Å². The van der Waals surface area contributed by atoms with Gasteiger partial charge in [0.25, 0.3) is 0 Å². The predicted octanol–water partition coefficient (Wildman–Crippen LogP) is 2.46. The highest BCUT2D eigenvalue weighted by Gasteiger charge is 2.21. The summed E-state index contributed by atoms with van der Waals surface area (Å²) in [5.41, 5.74) is -1.38. The lowest BCUT2D eigenvalue weighted by Crippen LogP contribution is -2.47. The number of aliphatic imine (C=N–C) groups is 1. The summed E-state index contributed by atoms with van der Waals surface area (Å²) in [6.07, 6.45) is 0.165. The molecule has 1 aromatic rings. The number of hydrogen-bond acceptors (Lipinski definition) is 6. The Kier molecular flexibility index (Phi) is 5.94. The van der Waals surface area contributed by atoms with Gasteiger partial charge in [-0.25, -0.2) is 9.59 Å². The van der Waals surface area contributed by atoms with Crippen LogP contribution in [0.3, 0.4) is 0 Å². The Hall–Kier alpha value is -2.58. The number of nitrogens with zero attached hydrogens (tertiary/aromatic N) is 3. The molecule has 0 spiro atoms. The SMILES string of the molecule is Cn1ccc(N=C(NC(=O)OC(C)(C)C)NC(=O)OC(C)(C)C)n1. The van der Waals surface area contributed by atoms with Gasteiger partial charge in [0, 0.05) is 19.3 Å². The second kappa shape index (κ2) is 7.33. The number of alkyl carbamates (subject to hydrolysis) is 2. The molecule has 0 bridgehead atoms. The number of ether oxygens (including phenoxy) is 2. The molecule has 0 aromatic carbocycles. The molecule has 0 fully saturated rings. The third-order valence-corrected chi connectivity index (χ3v) is 2.16. The summed E-state index contributed by atoms with van der Waals surface area (Å²) in [7, 11) is 1.72. The van der Waals surface area contributed by atoms with E-state index in [0.717, 1.165) is 0 Å². The number of guanidine groups is 1. The van der Waals surface area contributed by atoms with Gasteiger partial charge in [-0.05, 0) is 41.5 Å². The first-order valence-electron chi connectivity index (χ1n) is 7.42. The van der Waals surface area contributed by atoms with Gasteiger partial charge in [-0.1, -0.05) is 0 Å². The number of rotatable bonds is 1. The largest absolute Gasteiger partial charge is 0.444 e. The molecule has 24 heavy (non-hydrogen) atoms. The van der Waals surface area contributed by atoms with Gasteiger partial charge in [-0.2, -0.15) is 10.1 Å². The molecule has 0 saturated carbocycles. The molecule has 2 amide bonds. The number of aromatic nitrogens is 2. The van der Waals surface area contributed by atoms with Crippen molar-refractivity contribution < 1.29 is 19.1 Å². The maximum absolute atomic E-state index is 11.9. The van der Waals surface area contributed by atoms with Crippen molar-refractivity contribution in [3.63, 3.8) is 0 Å². The van der Waals surface area contributed by atoms with E-state index >= 15 is 0 Å². The fraction of sp³-hybridized carbons (Fsp3) is 0.600. The lowest BCUT2D eigenvalue weighted by Gasteiger charge is -2.22. The van der Waals surface area contributed by atoms with E-state index in [1.807, 2.05) is 0 Å². The average Bonchev–Trinajstić information content (AvgIpc) is 2.68. The summed E-state index contributed by atoms with van der Waals surface area (Å²) < 4.78 is 11.8. The normalized spacial score (nSPS) is 11.5. The number of carbonyl (C=O) groups is 2. The van der Waals surface area contributed by atoms with Crippen LogP contribution in [-0.2, 0) is 16.5 Å². The predicted molar refractivity (Wildman–Crippen MR) is 89.0 cm³/mol. The average molecular weight is 339 g/mol. The van der Waals surface area contributed by atoms with Crippen LogP contribution >= 0.6 is 0 Å². The van der Waals surface area contributed by atoms with Gasteiger partial charge in [0.1, 0.15) is 11.2 Å². The molecule has 2 N–H and O–H groups in total. The minimum atomic E-state index is -0.756. The lowest BCUT2D eigenvalue weighted by atomic mass is 10.2. The van der Waals surface area contributed by atoms with Crippen molar-refractivity contribution in [3.05, 3.63) is 12.3 Å². The van der Waals surface area contributed by atoms with Crippen LogP contribution in [0.5, 0.6) is 0 Å². The van der Waals surface area contributed by atoms with Crippen molar-refractivity contribution in [3.8, 4) is 0 Å². The zero-order chi connectivity index (χ0) is 18.5. The molecule has 134 valence electrons. The fourth-order valence-electron chi connectivity index (χ4n) is 1.46. The van der Waals surface area contributed by atoms with Crippen LogP contribution in [0.4, 0.5) is 15.4 Å². The Labute approximate surface area is 141 Å². The maximum Gasteiger partial charge on any atom is 0.414 e. The molecule has 1 heterocycles. The number of nitrogens with one attached hydrogen (secondary N) is 2. The van der Waals surface area contributed by atoms with Gasteiger partial charge in [-0.15, -0.1) is 0 Å². The minimum Gasteiger partial charge on any atom is -0.444 e. The van der Waals surface area contributed by atoms with Crippen LogP contribution in [0.15, 0.2) is 17.3 Å². The van der Waals surface area contributed by atoms with Crippen LogP contribution in [-0.4, -0.2) is 39.1 Å². The van der Waals surface area contributed by atoms with Crippen molar-refractivity contribution in [1.29, 1.82) is 0 Å². The molecule has 0 saturated heterocycles. The zero-order valence-corrected chi connectivity index (χ0v) is 15.1. The molecule has 0 unspecified atom stereocenters. The Morgan fingerprint density at radius 1 is 1.04 bits per heavy atom. The summed E-state index contributed by atoms with van der Waals surface area (Å²) in [4.78, 5) is 27.9.